The van der Waals surface area contributed by atoms with Gasteiger partial charge in [0.05, 0.1) is 17.1 Å². The van der Waals surface area contributed by atoms with E-state index < -0.39 is 0 Å². The normalized spacial score (nSPS) is 10.2. The highest BCUT2D eigenvalue weighted by Gasteiger charge is 2.06. The summed E-state index contributed by atoms with van der Waals surface area (Å²) in [7, 11) is 0. The highest BCUT2D eigenvalue weighted by molar-refractivity contribution is 6.31. The third-order valence-corrected chi connectivity index (χ3v) is 2.05. The lowest BCUT2D eigenvalue weighted by molar-refractivity contribution is -0.667. The molecule has 0 aliphatic carbocycles. The minimum absolute atomic E-state index is 0.216. The Labute approximate surface area is 76.5 Å². The van der Waals surface area contributed by atoms with E-state index in [1.54, 1.807) is 12.1 Å². The maximum absolute atomic E-state index is 13.1. The van der Waals surface area contributed by atoms with Gasteiger partial charge in [-0.05, 0) is 19.1 Å². The summed E-state index contributed by atoms with van der Waals surface area (Å²) in [4.78, 5) is 0. The fourth-order valence-corrected chi connectivity index (χ4v) is 1.26. The zero-order chi connectivity index (χ0) is 8.97. The van der Waals surface area contributed by atoms with Crippen LogP contribution in [0, 0.1) is 5.82 Å². The first-order valence-corrected chi connectivity index (χ1v) is 4.38. The highest BCUT2D eigenvalue weighted by Crippen LogP contribution is 2.17. The molecule has 1 rings (SSSR count). The number of nitrogens with two attached hydrogens (primary N) is 1. The molecule has 0 saturated carbocycles. The van der Waals surface area contributed by atoms with Crippen LogP contribution in [0.3, 0.4) is 0 Å². The van der Waals surface area contributed by atoms with Gasteiger partial charge in [-0.1, -0.05) is 17.7 Å². The summed E-state index contributed by atoms with van der Waals surface area (Å²) in [6.07, 6.45) is 0. The molecule has 2 N–H and O–H groups in total. The fraction of sp³-hybridized carbons (Fsp3) is 0.333. The van der Waals surface area contributed by atoms with Crippen molar-refractivity contribution in [1.29, 1.82) is 0 Å². The third kappa shape index (κ3) is 2.19. The number of hydrogen-bond acceptors (Lipinski definition) is 0. The fourth-order valence-electron chi connectivity index (χ4n) is 1.02. The van der Waals surface area contributed by atoms with E-state index in [1.807, 2.05) is 12.2 Å². The summed E-state index contributed by atoms with van der Waals surface area (Å²) in [5.74, 6) is -0.216. The summed E-state index contributed by atoms with van der Waals surface area (Å²) in [6.45, 7) is 3.57. The van der Waals surface area contributed by atoms with Gasteiger partial charge in [0.2, 0.25) is 0 Å². The van der Waals surface area contributed by atoms with Gasteiger partial charge in [0.25, 0.3) is 0 Å². The van der Waals surface area contributed by atoms with Crippen LogP contribution in [0.15, 0.2) is 18.2 Å². The molecular formula is C9H12ClFN+. The number of hydrogen-bond donors (Lipinski definition) is 1. The molecule has 1 nitrogen and oxygen atoms in total. The molecule has 0 saturated heterocycles. The first-order chi connectivity index (χ1) is 5.75. The molecule has 0 heterocycles. The topological polar surface area (TPSA) is 16.6 Å². The molecule has 1 aromatic carbocycles. The Morgan fingerprint density at radius 2 is 2.25 bits per heavy atom. The van der Waals surface area contributed by atoms with Gasteiger partial charge in [-0.2, -0.15) is 0 Å². The molecule has 12 heavy (non-hydrogen) atoms. The molecule has 0 atom stereocenters. The van der Waals surface area contributed by atoms with Crippen LogP contribution in [-0.4, -0.2) is 6.54 Å². The summed E-state index contributed by atoms with van der Waals surface area (Å²) in [5, 5.41) is 2.52. The Balaban J connectivity index is 2.81. The lowest BCUT2D eigenvalue weighted by atomic mass is 10.2. The van der Waals surface area contributed by atoms with Crippen molar-refractivity contribution in [2.75, 3.05) is 6.54 Å². The molecule has 0 radical (unpaired) electrons. The van der Waals surface area contributed by atoms with Gasteiger partial charge in [-0.15, -0.1) is 0 Å². The lowest BCUT2D eigenvalue weighted by Crippen LogP contribution is -2.82. The lowest BCUT2D eigenvalue weighted by Gasteiger charge is -2.02. The largest absolute Gasteiger partial charge is 0.343 e. The van der Waals surface area contributed by atoms with Crippen molar-refractivity contribution in [2.45, 2.75) is 13.5 Å². The number of halogens is 2. The monoisotopic (exact) mass is 188 g/mol. The molecule has 0 amide bonds. The molecule has 0 aliphatic rings. The SMILES string of the molecule is CC[NH2+]Cc1c(F)cccc1Cl. The van der Waals surface area contributed by atoms with Crippen LogP contribution in [0.5, 0.6) is 0 Å². The average Bonchev–Trinajstić information content (AvgIpc) is 2.04. The molecule has 0 aliphatic heterocycles. The Bertz CT molecular complexity index is 242. The van der Waals surface area contributed by atoms with E-state index in [2.05, 4.69) is 0 Å². The van der Waals surface area contributed by atoms with Gasteiger partial charge >= 0.3 is 0 Å². The van der Waals surface area contributed by atoms with Crippen molar-refractivity contribution in [3.63, 3.8) is 0 Å². The molecule has 0 spiro atoms. The van der Waals surface area contributed by atoms with Crippen LogP contribution in [-0.2, 0) is 6.54 Å². The van der Waals surface area contributed by atoms with E-state index in [1.165, 1.54) is 6.07 Å². The van der Waals surface area contributed by atoms with Crippen molar-refractivity contribution in [1.82, 2.24) is 0 Å². The van der Waals surface area contributed by atoms with Gasteiger partial charge in [0.15, 0.2) is 0 Å². The van der Waals surface area contributed by atoms with Crippen molar-refractivity contribution in [3.05, 3.63) is 34.6 Å². The Kier molecular flexibility index (Phi) is 3.50. The number of quaternary nitrogens is 1. The van der Waals surface area contributed by atoms with Gasteiger partial charge in [0.1, 0.15) is 12.4 Å². The molecule has 66 valence electrons. The summed E-state index contributed by atoms with van der Waals surface area (Å²) < 4.78 is 13.1. The molecule has 3 heteroatoms. The first-order valence-electron chi connectivity index (χ1n) is 4.00. The Morgan fingerprint density at radius 1 is 1.50 bits per heavy atom. The second-order valence-corrected chi connectivity index (χ2v) is 3.01. The molecule has 0 bridgehead atoms. The summed E-state index contributed by atoms with van der Waals surface area (Å²) in [5.41, 5.74) is 0.598. The van der Waals surface area contributed by atoms with E-state index in [4.69, 9.17) is 11.6 Å². The average molecular weight is 189 g/mol. The standard InChI is InChI=1S/C9H11ClFN/c1-2-12-6-7-8(10)4-3-5-9(7)11/h3-5,12H,2,6H2,1H3/p+1. The zero-order valence-electron chi connectivity index (χ0n) is 6.98. The van der Waals surface area contributed by atoms with E-state index in [0.29, 0.717) is 17.1 Å². The second-order valence-electron chi connectivity index (χ2n) is 2.60. The maximum Gasteiger partial charge on any atom is 0.133 e. The van der Waals surface area contributed by atoms with Crippen LogP contribution >= 0.6 is 11.6 Å². The quantitative estimate of drug-likeness (QED) is 0.742. The van der Waals surface area contributed by atoms with E-state index in [0.717, 1.165) is 6.54 Å². The van der Waals surface area contributed by atoms with E-state index >= 15 is 0 Å². The van der Waals surface area contributed by atoms with Crippen LogP contribution in [0.25, 0.3) is 0 Å². The predicted octanol–water partition coefficient (Wildman–Crippen LogP) is 1.56. The van der Waals surface area contributed by atoms with Crippen molar-refractivity contribution < 1.29 is 9.71 Å². The highest BCUT2D eigenvalue weighted by atomic mass is 35.5. The molecule has 1 aromatic rings. The molecule has 0 fully saturated rings. The minimum Gasteiger partial charge on any atom is -0.343 e. The van der Waals surface area contributed by atoms with Crippen LogP contribution < -0.4 is 5.32 Å². The predicted molar refractivity (Wildman–Crippen MR) is 47.6 cm³/mol. The second kappa shape index (κ2) is 4.43. The van der Waals surface area contributed by atoms with Gasteiger partial charge in [-0.3, -0.25) is 0 Å². The number of rotatable bonds is 3. The third-order valence-electron chi connectivity index (χ3n) is 1.70. The van der Waals surface area contributed by atoms with E-state index in [9.17, 15) is 4.39 Å². The Hall–Kier alpha value is -0.600. The minimum atomic E-state index is -0.216. The zero-order valence-corrected chi connectivity index (χ0v) is 7.74. The van der Waals surface area contributed by atoms with Crippen LogP contribution in [0.4, 0.5) is 4.39 Å². The van der Waals surface area contributed by atoms with Crippen molar-refractivity contribution in [2.24, 2.45) is 0 Å². The van der Waals surface area contributed by atoms with Crippen LogP contribution in [0.2, 0.25) is 5.02 Å². The number of benzene rings is 1. The van der Waals surface area contributed by atoms with E-state index in [-0.39, 0.29) is 5.82 Å². The Morgan fingerprint density at radius 3 is 2.83 bits per heavy atom. The summed E-state index contributed by atoms with van der Waals surface area (Å²) in [6, 6.07) is 4.77. The first kappa shape index (κ1) is 9.49. The maximum atomic E-state index is 13.1. The van der Waals surface area contributed by atoms with Crippen molar-refractivity contribution in [3.8, 4) is 0 Å². The smallest absolute Gasteiger partial charge is 0.133 e. The summed E-state index contributed by atoms with van der Waals surface area (Å²) >= 11 is 5.81. The van der Waals surface area contributed by atoms with Gasteiger partial charge in [0, 0.05) is 0 Å². The van der Waals surface area contributed by atoms with Crippen molar-refractivity contribution >= 4 is 11.6 Å². The van der Waals surface area contributed by atoms with Crippen LogP contribution in [0.1, 0.15) is 12.5 Å². The van der Waals surface area contributed by atoms with Gasteiger partial charge in [-0.25, -0.2) is 4.39 Å². The van der Waals surface area contributed by atoms with Gasteiger partial charge < -0.3 is 5.32 Å². The molecular weight excluding hydrogens is 177 g/mol. The molecule has 0 aromatic heterocycles. The molecule has 0 unspecified atom stereocenters.